The molecule has 3 aromatic carbocycles. The Morgan fingerprint density at radius 2 is 0.783 bits per heavy atom. The lowest BCUT2D eigenvalue weighted by atomic mass is 10.3. The van der Waals surface area contributed by atoms with Crippen molar-refractivity contribution in [3.63, 3.8) is 0 Å². The van der Waals surface area contributed by atoms with Crippen LogP contribution in [0.2, 0.25) is 15.1 Å². The van der Waals surface area contributed by atoms with Gasteiger partial charge in [-0.1, -0.05) is 89.4 Å². The van der Waals surface area contributed by atoms with Gasteiger partial charge in [0.2, 0.25) is 0 Å². The molecule has 0 radical (unpaired) electrons. The van der Waals surface area contributed by atoms with Crippen molar-refractivity contribution >= 4 is 58.7 Å². The lowest BCUT2D eigenvalue weighted by Crippen LogP contribution is -2.68. The molecule has 3 aromatic rings. The van der Waals surface area contributed by atoms with Crippen LogP contribution in [-0.2, 0) is 0 Å². The average Bonchev–Trinajstić information content (AvgIpc) is 2.55. The van der Waals surface area contributed by atoms with E-state index in [0.717, 1.165) is 0 Å². The molecule has 0 aliphatic carbocycles. The van der Waals surface area contributed by atoms with Crippen molar-refractivity contribution in [2.75, 3.05) is 0 Å². The van der Waals surface area contributed by atoms with Crippen LogP contribution in [0.15, 0.2) is 72.8 Å². The van der Waals surface area contributed by atoms with Gasteiger partial charge in [0, 0.05) is 15.1 Å². The minimum atomic E-state index is -3.41. The third-order valence-corrected chi connectivity index (χ3v) is 8.90. The Kier molecular flexibility index (Phi) is 4.81. The molecule has 0 aliphatic rings. The molecule has 0 aromatic heterocycles. The van der Waals surface area contributed by atoms with Crippen molar-refractivity contribution in [2.45, 2.75) is 0 Å². The molecule has 0 heterocycles. The van der Waals surface area contributed by atoms with E-state index in [0.29, 0.717) is 30.6 Å². The first-order valence-corrected chi connectivity index (χ1v) is 10.1. The molecule has 0 spiro atoms. The quantitative estimate of drug-likeness (QED) is 0.544. The Hall–Kier alpha value is -1.29. The fraction of sp³-hybridized carbons (Fsp3) is 0. The van der Waals surface area contributed by atoms with Crippen molar-refractivity contribution in [3.8, 4) is 0 Å². The van der Waals surface area contributed by atoms with Gasteiger partial charge in [-0.15, -0.1) is 0 Å². The van der Waals surface area contributed by atoms with Gasteiger partial charge in [-0.25, -0.2) is 0 Å². The molecule has 1 N–H and O–H groups in total. The molecule has 23 heavy (non-hydrogen) atoms. The summed E-state index contributed by atoms with van der Waals surface area (Å²) in [7, 11) is -3.41. The number of benzene rings is 3. The molecular formula is C18H13Cl3OSi. The van der Waals surface area contributed by atoms with Gasteiger partial charge in [-0.3, -0.25) is 0 Å². The van der Waals surface area contributed by atoms with Gasteiger partial charge in [-0.05, 0) is 33.8 Å². The van der Waals surface area contributed by atoms with E-state index in [-0.39, 0.29) is 0 Å². The zero-order chi connectivity index (χ0) is 16.4. The second kappa shape index (κ2) is 6.68. The third kappa shape index (κ3) is 2.93. The molecule has 0 saturated heterocycles. The molecule has 116 valence electrons. The van der Waals surface area contributed by atoms with E-state index < -0.39 is 8.32 Å². The van der Waals surface area contributed by atoms with Crippen LogP contribution in [0.3, 0.4) is 0 Å². The predicted molar refractivity (Wildman–Crippen MR) is 101 cm³/mol. The summed E-state index contributed by atoms with van der Waals surface area (Å²) in [4.78, 5) is 11.9. The number of halogens is 3. The Morgan fingerprint density at radius 1 is 0.522 bits per heavy atom. The predicted octanol–water partition coefficient (Wildman–Crippen LogP) is 3.61. The van der Waals surface area contributed by atoms with Gasteiger partial charge < -0.3 is 4.80 Å². The van der Waals surface area contributed by atoms with Crippen LogP contribution >= 0.6 is 34.8 Å². The Balaban J connectivity index is 2.38. The van der Waals surface area contributed by atoms with Crippen LogP contribution in [0.25, 0.3) is 0 Å². The van der Waals surface area contributed by atoms with Crippen molar-refractivity contribution in [3.05, 3.63) is 87.9 Å². The first kappa shape index (κ1) is 16.6. The van der Waals surface area contributed by atoms with Crippen LogP contribution in [0.1, 0.15) is 0 Å². The van der Waals surface area contributed by atoms with Gasteiger partial charge in [-0.2, -0.15) is 0 Å². The van der Waals surface area contributed by atoms with Gasteiger partial charge in [0.05, 0.1) is 0 Å². The molecule has 1 nitrogen and oxygen atoms in total. The summed E-state index contributed by atoms with van der Waals surface area (Å²) in [5.41, 5.74) is 0. The maximum absolute atomic E-state index is 11.9. The van der Waals surface area contributed by atoms with E-state index in [4.69, 9.17) is 34.8 Å². The molecule has 0 bridgehead atoms. The van der Waals surface area contributed by atoms with Crippen molar-refractivity contribution in [1.29, 1.82) is 0 Å². The van der Waals surface area contributed by atoms with E-state index in [1.54, 1.807) is 18.2 Å². The largest absolute Gasteiger partial charge is 0.421 e. The first-order valence-electron chi connectivity index (χ1n) is 7.02. The SMILES string of the molecule is O[Si](c1ccccc1Cl)(c1ccccc1Cl)c1ccccc1Cl. The fourth-order valence-electron chi connectivity index (χ4n) is 2.70. The van der Waals surface area contributed by atoms with Crippen LogP contribution in [-0.4, -0.2) is 13.1 Å². The monoisotopic (exact) mass is 378 g/mol. The highest BCUT2D eigenvalue weighted by Gasteiger charge is 2.42. The van der Waals surface area contributed by atoms with E-state index >= 15 is 0 Å². The maximum atomic E-state index is 11.9. The van der Waals surface area contributed by atoms with E-state index in [1.807, 2.05) is 54.6 Å². The topological polar surface area (TPSA) is 20.2 Å². The summed E-state index contributed by atoms with van der Waals surface area (Å²) in [6.45, 7) is 0. The van der Waals surface area contributed by atoms with Crippen molar-refractivity contribution in [2.24, 2.45) is 0 Å². The van der Waals surface area contributed by atoms with Crippen LogP contribution in [0.5, 0.6) is 0 Å². The second-order valence-corrected chi connectivity index (χ2v) is 9.41. The average molecular weight is 380 g/mol. The summed E-state index contributed by atoms with van der Waals surface area (Å²) in [5, 5.41) is 3.51. The number of hydrogen-bond donors (Lipinski definition) is 1. The van der Waals surface area contributed by atoms with Crippen molar-refractivity contribution in [1.82, 2.24) is 0 Å². The van der Waals surface area contributed by atoms with Gasteiger partial charge in [0.25, 0.3) is 8.32 Å². The summed E-state index contributed by atoms with van der Waals surface area (Å²) >= 11 is 19.2. The second-order valence-electron chi connectivity index (χ2n) is 5.15. The highest BCUT2D eigenvalue weighted by molar-refractivity contribution is 7.08. The molecule has 0 atom stereocenters. The van der Waals surface area contributed by atoms with E-state index in [2.05, 4.69) is 0 Å². The summed E-state index contributed by atoms with van der Waals surface area (Å²) in [6, 6.07) is 21.9. The number of rotatable bonds is 3. The molecular weight excluding hydrogens is 367 g/mol. The molecule has 0 amide bonds. The molecule has 3 rings (SSSR count). The molecule has 0 unspecified atom stereocenters. The zero-order valence-electron chi connectivity index (χ0n) is 12.0. The van der Waals surface area contributed by atoms with Gasteiger partial charge in [0.1, 0.15) is 0 Å². The Morgan fingerprint density at radius 3 is 1.04 bits per heavy atom. The van der Waals surface area contributed by atoms with Crippen LogP contribution < -0.4 is 15.6 Å². The molecule has 0 saturated carbocycles. The van der Waals surface area contributed by atoms with Crippen LogP contribution in [0, 0.1) is 0 Å². The lowest BCUT2D eigenvalue weighted by Gasteiger charge is -2.29. The number of hydrogen-bond acceptors (Lipinski definition) is 1. The van der Waals surface area contributed by atoms with E-state index in [9.17, 15) is 4.80 Å². The summed E-state index contributed by atoms with van der Waals surface area (Å²) in [6.07, 6.45) is 0. The fourth-order valence-corrected chi connectivity index (χ4v) is 7.51. The lowest BCUT2D eigenvalue weighted by molar-refractivity contribution is 0.583. The van der Waals surface area contributed by atoms with E-state index in [1.165, 1.54) is 0 Å². The van der Waals surface area contributed by atoms with Gasteiger partial charge in [0.15, 0.2) is 0 Å². The smallest absolute Gasteiger partial charge is 0.290 e. The highest BCUT2D eigenvalue weighted by Crippen LogP contribution is 2.18. The maximum Gasteiger partial charge on any atom is 0.290 e. The minimum absolute atomic E-state index is 0.501. The molecule has 0 aliphatic heterocycles. The first-order chi connectivity index (χ1) is 11.0. The standard InChI is InChI=1S/C18H13Cl3OSi/c19-13-7-1-4-10-16(13)23(22,17-11-5-2-8-14(17)20)18-12-6-3-9-15(18)21/h1-12,22H. The third-order valence-electron chi connectivity index (χ3n) is 3.79. The molecule has 0 fully saturated rings. The Bertz CT molecular complexity index is 740. The normalized spacial score (nSPS) is 11.5. The van der Waals surface area contributed by atoms with Crippen molar-refractivity contribution < 1.29 is 4.80 Å². The van der Waals surface area contributed by atoms with Gasteiger partial charge >= 0.3 is 0 Å². The van der Waals surface area contributed by atoms with Crippen LogP contribution in [0.4, 0.5) is 0 Å². The highest BCUT2D eigenvalue weighted by atomic mass is 35.5. The molecule has 5 heteroatoms. The summed E-state index contributed by atoms with van der Waals surface area (Å²) in [5.74, 6) is 0. The Labute approximate surface area is 151 Å². The minimum Gasteiger partial charge on any atom is -0.421 e. The summed E-state index contributed by atoms with van der Waals surface area (Å²) < 4.78 is 0. The zero-order valence-corrected chi connectivity index (χ0v) is 15.3.